The fourth-order valence-corrected chi connectivity index (χ4v) is 1.93. The summed E-state index contributed by atoms with van der Waals surface area (Å²) in [5.41, 5.74) is 3.12. The predicted octanol–water partition coefficient (Wildman–Crippen LogP) is 1.49. The van der Waals surface area contributed by atoms with Crippen molar-refractivity contribution in [2.24, 2.45) is 0 Å². The van der Waals surface area contributed by atoms with Gasteiger partial charge in [-0.25, -0.2) is 4.79 Å². The van der Waals surface area contributed by atoms with Crippen LogP contribution in [-0.2, 0) is 22.5 Å². The van der Waals surface area contributed by atoms with Crippen LogP contribution >= 0.6 is 0 Å². The third kappa shape index (κ3) is 4.37. The van der Waals surface area contributed by atoms with Crippen molar-refractivity contribution in [3.63, 3.8) is 0 Å². The first kappa shape index (κ1) is 15.6. The second-order valence-electron chi connectivity index (χ2n) is 4.82. The van der Waals surface area contributed by atoms with Crippen molar-refractivity contribution in [2.75, 3.05) is 7.11 Å². The summed E-state index contributed by atoms with van der Waals surface area (Å²) in [5, 5.41) is 2.69. The lowest BCUT2D eigenvalue weighted by molar-refractivity contribution is -0.119. The fraction of sp³-hybridized carbons (Fsp3) is 0.250. The molecule has 114 valence electrons. The SMILES string of the molecule is COC(=O)c1cncc(Cc2ccc(CNC(C)=O)nc2)c1. The third-order valence-corrected chi connectivity index (χ3v) is 3.03. The molecule has 0 aliphatic carbocycles. The zero-order chi connectivity index (χ0) is 15.9. The minimum atomic E-state index is -0.405. The average Bonchev–Trinajstić information content (AvgIpc) is 2.53. The first-order chi connectivity index (χ1) is 10.6. The van der Waals surface area contributed by atoms with Gasteiger partial charge in [0.15, 0.2) is 0 Å². The molecule has 0 aromatic carbocycles. The number of esters is 1. The molecule has 0 unspecified atom stereocenters. The number of rotatable bonds is 5. The summed E-state index contributed by atoms with van der Waals surface area (Å²) in [4.78, 5) is 30.7. The molecule has 0 bridgehead atoms. The van der Waals surface area contributed by atoms with E-state index in [1.54, 1.807) is 18.5 Å². The minimum absolute atomic E-state index is 0.0865. The van der Waals surface area contributed by atoms with Crippen molar-refractivity contribution in [2.45, 2.75) is 19.9 Å². The number of pyridine rings is 2. The molecule has 22 heavy (non-hydrogen) atoms. The smallest absolute Gasteiger partial charge is 0.339 e. The summed E-state index contributed by atoms with van der Waals surface area (Å²) >= 11 is 0. The molecule has 1 N–H and O–H groups in total. The number of hydrogen-bond acceptors (Lipinski definition) is 5. The average molecular weight is 299 g/mol. The van der Waals surface area contributed by atoms with E-state index in [2.05, 4.69) is 20.0 Å². The Balaban J connectivity index is 2.04. The maximum Gasteiger partial charge on any atom is 0.339 e. The Kier molecular flexibility index (Phi) is 5.19. The van der Waals surface area contributed by atoms with Crippen LogP contribution < -0.4 is 5.32 Å². The minimum Gasteiger partial charge on any atom is -0.465 e. The Morgan fingerprint density at radius 2 is 2.00 bits per heavy atom. The summed E-state index contributed by atoms with van der Waals surface area (Å²) in [6.45, 7) is 1.88. The van der Waals surface area contributed by atoms with Crippen molar-refractivity contribution in [1.29, 1.82) is 0 Å². The number of aromatic nitrogens is 2. The number of amides is 1. The molecule has 0 saturated heterocycles. The largest absolute Gasteiger partial charge is 0.465 e. The molecule has 6 heteroatoms. The van der Waals surface area contributed by atoms with E-state index in [1.807, 2.05) is 12.1 Å². The Morgan fingerprint density at radius 3 is 2.64 bits per heavy atom. The summed E-state index contributed by atoms with van der Waals surface area (Å²) in [5.74, 6) is -0.491. The standard InChI is InChI=1S/C16H17N3O3/c1-11(20)18-10-15-4-3-12(8-19-15)5-13-6-14(9-17-7-13)16(21)22-2/h3-4,6-9H,5,10H2,1-2H3,(H,18,20). The Hall–Kier alpha value is -2.76. The van der Waals surface area contributed by atoms with Gasteiger partial charge in [0.25, 0.3) is 0 Å². The van der Waals surface area contributed by atoms with Gasteiger partial charge in [0.1, 0.15) is 0 Å². The molecule has 2 heterocycles. The molecule has 0 radical (unpaired) electrons. The highest BCUT2D eigenvalue weighted by molar-refractivity contribution is 5.89. The summed E-state index contributed by atoms with van der Waals surface area (Å²) < 4.78 is 4.68. The molecule has 0 atom stereocenters. The Bertz CT molecular complexity index is 669. The van der Waals surface area contributed by atoms with E-state index < -0.39 is 5.97 Å². The van der Waals surface area contributed by atoms with Crippen molar-refractivity contribution < 1.29 is 14.3 Å². The molecule has 2 rings (SSSR count). The topological polar surface area (TPSA) is 81.2 Å². The highest BCUT2D eigenvalue weighted by atomic mass is 16.5. The molecular formula is C16H17N3O3. The zero-order valence-corrected chi connectivity index (χ0v) is 12.5. The number of nitrogens with one attached hydrogen (secondary N) is 1. The number of carbonyl (C=O) groups excluding carboxylic acids is 2. The molecule has 0 aliphatic rings. The lowest BCUT2D eigenvalue weighted by Crippen LogP contribution is -2.19. The van der Waals surface area contributed by atoms with Crippen LogP contribution in [0.5, 0.6) is 0 Å². The third-order valence-electron chi connectivity index (χ3n) is 3.03. The van der Waals surface area contributed by atoms with Crippen LogP contribution in [0.3, 0.4) is 0 Å². The lowest BCUT2D eigenvalue weighted by atomic mass is 10.1. The van der Waals surface area contributed by atoms with Gasteiger partial charge in [-0.15, -0.1) is 0 Å². The molecule has 1 amide bonds. The molecule has 0 saturated carbocycles. The van der Waals surface area contributed by atoms with E-state index in [0.29, 0.717) is 18.5 Å². The van der Waals surface area contributed by atoms with Gasteiger partial charge in [-0.1, -0.05) is 6.07 Å². The highest BCUT2D eigenvalue weighted by Gasteiger charge is 2.07. The van der Waals surface area contributed by atoms with Crippen LogP contribution in [0.15, 0.2) is 36.8 Å². The second kappa shape index (κ2) is 7.31. The summed E-state index contributed by atoms with van der Waals surface area (Å²) in [6.07, 6.45) is 5.55. The van der Waals surface area contributed by atoms with Crippen LogP contribution in [0, 0.1) is 0 Å². The number of ether oxygens (including phenoxy) is 1. The normalized spacial score (nSPS) is 10.1. The fourth-order valence-electron chi connectivity index (χ4n) is 1.93. The van der Waals surface area contributed by atoms with Gasteiger partial charge in [0.05, 0.1) is 24.9 Å². The van der Waals surface area contributed by atoms with Crippen LogP contribution in [0.2, 0.25) is 0 Å². The monoisotopic (exact) mass is 299 g/mol. The van der Waals surface area contributed by atoms with Crippen LogP contribution in [0.25, 0.3) is 0 Å². The Morgan fingerprint density at radius 1 is 1.18 bits per heavy atom. The number of nitrogens with zero attached hydrogens (tertiary/aromatic N) is 2. The van der Waals surface area contributed by atoms with E-state index in [0.717, 1.165) is 16.8 Å². The maximum atomic E-state index is 11.5. The van der Waals surface area contributed by atoms with Gasteiger partial charge in [0, 0.05) is 31.9 Å². The number of carbonyl (C=O) groups is 2. The Labute approximate surface area is 128 Å². The molecule has 0 aliphatic heterocycles. The van der Waals surface area contributed by atoms with Crippen LogP contribution in [-0.4, -0.2) is 29.0 Å². The van der Waals surface area contributed by atoms with Gasteiger partial charge in [-0.2, -0.15) is 0 Å². The number of methoxy groups -OCH3 is 1. The van der Waals surface area contributed by atoms with Crippen LogP contribution in [0.1, 0.15) is 34.1 Å². The van der Waals surface area contributed by atoms with Gasteiger partial charge >= 0.3 is 5.97 Å². The first-order valence-electron chi connectivity index (χ1n) is 6.79. The molecule has 0 fully saturated rings. The number of hydrogen-bond donors (Lipinski definition) is 1. The first-order valence-corrected chi connectivity index (χ1v) is 6.79. The second-order valence-corrected chi connectivity index (χ2v) is 4.82. The van der Waals surface area contributed by atoms with Gasteiger partial charge in [-0.3, -0.25) is 14.8 Å². The lowest BCUT2D eigenvalue weighted by Gasteiger charge is -2.05. The van der Waals surface area contributed by atoms with Gasteiger partial charge < -0.3 is 10.1 Å². The van der Waals surface area contributed by atoms with E-state index in [1.165, 1.54) is 20.2 Å². The zero-order valence-electron chi connectivity index (χ0n) is 12.5. The van der Waals surface area contributed by atoms with E-state index in [-0.39, 0.29) is 5.91 Å². The van der Waals surface area contributed by atoms with E-state index >= 15 is 0 Å². The van der Waals surface area contributed by atoms with Crippen molar-refractivity contribution in [3.8, 4) is 0 Å². The maximum absolute atomic E-state index is 11.5. The highest BCUT2D eigenvalue weighted by Crippen LogP contribution is 2.11. The molecular weight excluding hydrogens is 282 g/mol. The van der Waals surface area contributed by atoms with E-state index in [4.69, 9.17) is 0 Å². The van der Waals surface area contributed by atoms with Gasteiger partial charge in [-0.05, 0) is 23.3 Å². The van der Waals surface area contributed by atoms with Crippen molar-refractivity contribution >= 4 is 11.9 Å². The summed E-state index contributed by atoms with van der Waals surface area (Å²) in [6, 6.07) is 5.56. The molecule has 6 nitrogen and oxygen atoms in total. The van der Waals surface area contributed by atoms with Crippen molar-refractivity contribution in [3.05, 3.63) is 59.2 Å². The predicted molar refractivity (Wildman–Crippen MR) is 80.1 cm³/mol. The van der Waals surface area contributed by atoms with Crippen LogP contribution in [0.4, 0.5) is 0 Å². The quantitative estimate of drug-likeness (QED) is 0.846. The van der Waals surface area contributed by atoms with Gasteiger partial charge in [0.2, 0.25) is 5.91 Å². The molecule has 2 aromatic rings. The molecule has 0 spiro atoms. The van der Waals surface area contributed by atoms with E-state index in [9.17, 15) is 9.59 Å². The summed E-state index contributed by atoms with van der Waals surface area (Å²) in [7, 11) is 1.34. The molecule has 2 aromatic heterocycles. The van der Waals surface area contributed by atoms with Crippen molar-refractivity contribution in [1.82, 2.24) is 15.3 Å².